The molecule has 0 spiro atoms. The maximum atomic E-state index is 12.3. The maximum Gasteiger partial charge on any atom is 0.317 e. The number of urea groups is 1. The quantitative estimate of drug-likeness (QED) is 0.750. The van der Waals surface area contributed by atoms with Crippen LogP contribution in [0.5, 0.6) is 5.75 Å². The highest BCUT2D eigenvalue weighted by Crippen LogP contribution is 2.11. The van der Waals surface area contributed by atoms with Crippen molar-refractivity contribution in [2.75, 3.05) is 45.9 Å². The Bertz CT molecular complexity index is 751. The van der Waals surface area contributed by atoms with Gasteiger partial charge < -0.3 is 15.0 Å². The third-order valence-electron chi connectivity index (χ3n) is 4.80. The SMILES string of the molecule is Cc1ccc(OCCNC(=O)N2CCN(C/C=C/c3ccccc3)CC2)cc1. The van der Waals surface area contributed by atoms with Gasteiger partial charge in [-0.25, -0.2) is 4.79 Å². The van der Waals surface area contributed by atoms with Gasteiger partial charge in [0.05, 0.1) is 6.54 Å². The minimum Gasteiger partial charge on any atom is -0.492 e. The van der Waals surface area contributed by atoms with E-state index in [0.29, 0.717) is 13.2 Å². The van der Waals surface area contributed by atoms with Crippen LogP contribution in [0.15, 0.2) is 60.7 Å². The Morgan fingerprint density at radius 2 is 1.75 bits per heavy atom. The predicted octanol–water partition coefficient (Wildman–Crippen LogP) is 3.41. The lowest BCUT2D eigenvalue weighted by Crippen LogP contribution is -2.52. The van der Waals surface area contributed by atoms with Gasteiger partial charge in [0.2, 0.25) is 0 Å². The van der Waals surface area contributed by atoms with Gasteiger partial charge in [0.15, 0.2) is 0 Å². The minimum atomic E-state index is -0.00742. The van der Waals surface area contributed by atoms with Gasteiger partial charge in [-0.1, -0.05) is 60.2 Å². The molecule has 0 aliphatic carbocycles. The molecule has 0 saturated carbocycles. The molecular formula is C23H29N3O2. The standard InChI is InChI=1S/C23H29N3O2/c1-20-9-11-22(12-10-20)28-19-13-24-23(27)26-17-15-25(16-18-26)14-5-8-21-6-3-2-4-7-21/h2-12H,13-19H2,1H3,(H,24,27)/b8-5+. The number of hydrogen-bond donors (Lipinski definition) is 1. The summed E-state index contributed by atoms with van der Waals surface area (Å²) in [7, 11) is 0. The summed E-state index contributed by atoms with van der Waals surface area (Å²) < 4.78 is 5.65. The zero-order valence-electron chi connectivity index (χ0n) is 16.5. The van der Waals surface area contributed by atoms with Crippen LogP contribution in [0.3, 0.4) is 0 Å². The summed E-state index contributed by atoms with van der Waals surface area (Å²) in [4.78, 5) is 16.5. The van der Waals surface area contributed by atoms with Gasteiger partial charge in [0.1, 0.15) is 12.4 Å². The number of nitrogens with one attached hydrogen (secondary N) is 1. The minimum absolute atomic E-state index is 0.00742. The number of hydrogen-bond acceptors (Lipinski definition) is 3. The molecule has 0 aromatic heterocycles. The number of carbonyl (C=O) groups excluding carboxylic acids is 1. The van der Waals surface area contributed by atoms with E-state index < -0.39 is 0 Å². The molecule has 0 bridgehead atoms. The lowest BCUT2D eigenvalue weighted by Gasteiger charge is -2.34. The highest BCUT2D eigenvalue weighted by molar-refractivity contribution is 5.74. The van der Waals surface area contributed by atoms with Crippen LogP contribution in [0, 0.1) is 6.92 Å². The third-order valence-corrected chi connectivity index (χ3v) is 4.80. The molecular weight excluding hydrogens is 350 g/mol. The normalized spacial score (nSPS) is 15.0. The van der Waals surface area contributed by atoms with Gasteiger partial charge in [-0.15, -0.1) is 0 Å². The number of benzene rings is 2. The van der Waals surface area contributed by atoms with Crippen molar-refractivity contribution >= 4 is 12.1 Å². The first kappa shape index (κ1) is 20.0. The van der Waals surface area contributed by atoms with E-state index in [0.717, 1.165) is 38.5 Å². The molecule has 1 heterocycles. The molecule has 28 heavy (non-hydrogen) atoms. The van der Waals surface area contributed by atoms with E-state index in [-0.39, 0.29) is 6.03 Å². The molecule has 0 unspecified atom stereocenters. The molecule has 1 aliphatic rings. The predicted molar refractivity (Wildman–Crippen MR) is 114 cm³/mol. The summed E-state index contributed by atoms with van der Waals surface area (Å²) >= 11 is 0. The Morgan fingerprint density at radius 1 is 1.04 bits per heavy atom. The van der Waals surface area contributed by atoms with Gasteiger partial charge in [-0.3, -0.25) is 4.90 Å². The second-order valence-corrected chi connectivity index (χ2v) is 6.99. The zero-order valence-corrected chi connectivity index (χ0v) is 16.5. The van der Waals surface area contributed by atoms with Gasteiger partial charge in [0.25, 0.3) is 0 Å². The first-order valence-corrected chi connectivity index (χ1v) is 9.87. The summed E-state index contributed by atoms with van der Waals surface area (Å²) in [5.41, 5.74) is 2.42. The fraction of sp³-hybridized carbons (Fsp3) is 0.348. The van der Waals surface area contributed by atoms with Crippen LogP contribution in [-0.4, -0.2) is 61.7 Å². The Kier molecular flexibility index (Phi) is 7.50. The molecule has 2 amide bonds. The number of rotatable bonds is 7. The van der Waals surface area contributed by atoms with E-state index in [1.54, 1.807) is 0 Å². The average Bonchev–Trinajstić information content (AvgIpc) is 2.73. The molecule has 5 nitrogen and oxygen atoms in total. The summed E-state index contributed by atoms with van der Waals surface area (Å²) in [6, 6.07) is 18.2. The molecule has 2 aromatic rings. The second-order valence-electron chi connectivity index (χ2n) is 6.99. The fourth-order valence-corrected chi connectivity index (χ4v) is 3.11. The monoisotopic (exact) mass is 379 g/mol. The van der Waals surface area contributed by atoms with Gasteiger partial charge in [-0.05, 0) is 24.6 Å². The van der Waals surface area contributed by atoms with Crippen molar-refractivity contribution < 1.29 is 9.53 Å². The van der Waals surface area contributed by atoms with Crippen LogP contribution in [0.2, 0.25) is 0 Å². The largest absolute Gasteiger partial charge is 0.492 e. The molecule has 148 valence electrons. The van der Waals surface area contributed by atoms with Crippen molar-refractivity contribution in [3.05, 3.63) is 71.8 Å². The number of amides is 2. The van der Waals surface area contributed by atoms with E-state index in [2.05, 4.69) is 34.5 Å². The van der Waals surface area contributed by atoms with E-state index in [4.69, 9.17) is 4.74 Å². The van der Waals surface area contributed by atoms with Gasteiger partial charge >= 0.3 is 6.03 Å². The smallest absolute Gasteiger partial charge is 0.317 e. The van der Waals surface area contributed by atoms with Crippen LogP contribution < -0.4 is 10.1 Å². The van der Waals surface area contributed by atoms with Crippen LogP contribution in [0.4, 0.5) is 4.79 Å². The summed E-state index contributed by atoms with van der Waals surface area (Å²) in [6.07, 6.45) is 4.33. The molecule has 2 aromatic carbocycles. The first-order valence-electron chi connectivity index (χ1n) is 9.87. The van der Waals surface area contributed by atoms with Crippen molar-refractivity contribution in [1.29, 1.82) is 0 Å². The zero-order chi connectivity index (χ0) is 19.6. The third kappa shape index (κ3) is 6.43. The van der Waals surface area contributed by atoms with E-state index in [9.17, 15) is 4.79 Å². The number of piperazine rings is 1. The average molecular weight is 380 g/mol. The van der Waals surface area contributed by atoms with Crippen LogP contribution >= 0.6 is 0 Å². The first-order chi connectivity index (χ1) is 13.7. The van der Waals surface area contributed by atoms with Crippen LogP contribution in [0.25, 0.3) is 6.08 Å². The summed E-state index contributed by atoms with van der Waals surface area (Å²) in [6.45, 7) is 7.23. The van der Waals surface area contributed by atoms with Crippen molar-refractivity contribution in [2.45, 2.75) is 6.92 Å². The van der Waals surface area contributed by atoms with Gasteiger partial charge in [0, 0.05) is 32.7 Å². The van der Waals surface area contributed by atoms with E-state index in [1.807, 2.05) is 54.3 Å². The highest BCUT2D eigenvalue weighted by Gasteiger charge is 2.19. The Labute approximate surface area is 167 Å². The number of aryl methyl sites for hydroxylation is 1. The summed E-state index contributed by atoms with van der Waals surface area (Å²) in [5.74, 6) is 0.831. The highest BCUT2D eigenvalue weighted by atomic mass is 16.5. The number of ether oxygens (including phenoxy) is 1. The Balaban J connectivity index is 1.30. The Morgan fingerprint density at radius 3 is 2.46 bits per heavy atom. The lowest BCUT2D eigenvalue weighted by molar-refractivity contribution is 0.145. The van der Waals surface area contributed by atoms with Crippen molar-refractivity contribution in [3.8, 4) is 5.75 Å². The molecule has 1 fully saturated rings. The fourth-order valence-electron chi connectivity index (χ4n) is 3.11. The molecule has 0 radical (unpaired) electrons. The van der Waals surface area contributed by atoms with Crippen LogP contribution in [-0.2, 0) is 0 Å². The van der Waals surface area contributed by atoms with Crippen LogP contribution in [0.1, 0.15) is 11.1 Å². The van der Waals surface area contributed by atoms with Crippen molar-refractivity contribution in [3.63, 3.8) is 0 Å². The van der Waals surface area contributed by atoms with Crippen molar-refractivity contribution in [1.82, 2.24) is 15.1 Å². The topological polar surface area (TPSA) is 44.8 Å². The maximum absolute atomic E-state index is 12.3. The lowest BCUT2D eigenvalue weighted by atomic mass is 10.2. The molecule has 3 rings (SSSR count). The molecule has 5 heteroatoms. The second kappa shape index (κ2) is 10.5. The Hall–Kier alpha value is -2.79. The molecule has 0 atom stereocenters. The van der Waals surface area contributed by atoms with E-state index in [1.165, 1.54) is 11.1 Å². The number of nitrogens with zero attached hydrogens (tertiary/aromatic N) is 2. The van der Waals surface area contributed by atoms with Crippen molar-refractivity contribution in [2.24, 2.45) is 0 Å². The number of carbonyl (C=O) groups is 1. The van der Waals surface area contributed by atoms with E-state index >= 15 is 0 Å². The van der Waals surface area contributed by atoms with Gasteiger partial charge in [-0.2, -0.15) is 0 Å². The molecule has 1 saturated heterocycles. The molecule has 1 aliphatic heterocycles. The molecule has 1 N–H and O–H groups in total. The summed E-state index contributed by atoms with van der Waals surface area (Å²) in [5, 5.41) is 2.94.